The summed E-state index contributed by atoms with van der Waals surface area (Å²) in [5, 5.41) is 2.92. The maximum atomic E-state index is 12.5. The minimum absolute atomic E-state index is 0.150. The van der Waals surface area contributed by atoms with E-state index in [-0.39, 0.29) is 16.8 Å². The van der Waals surface area contributed by atoms with E-state index in [1.165, 1.54) is 15.6 Å². The normalized spacial score (nSPS) is 13.0. The zero-order chi connectivity index (χ0) is 18.6. The van der Waals surface area contributed by atoms with Gasteiger partial charge in [-0.2, -0.15) is 4.31 Å². The van der Waals surface area contributed by atoms with Crippen LogP contribution in [0.4, 0.5) is 0 Å². The lowest BCUT2D eigenvalue weighted by Gasteiger charge is -2.19. The van der Waals surface area contributed by atoms with Crippen molar-refractivity contribution >= 4 is 43.2 Å². The number of hydrogen-bond acceptors (Lipinski definition) is 4. The summed E-state index contributed by atoms with van der Waals surface area (Å²) in [6.45, 7) is 6.37. The van der Waals surface area contributed by atoms with E-state index in [0.717, 1.165) is 9.35 Å². The van der Waals surface area contributed by atoms with Crippen molar-refractivity contribution in [2.24, 2.45) is 0 Å². The predicted octanol–water partition coefficient (Wildman–Crippen LogP) is 4.03. The van der Waals surface area contributed by atoms with Crippen LogP contribution in [0.15, 0.2) is 45.1 Å². The Morgan fingerprint density at radius 2 is 1.76 bits per heavy atom. The molecule has 0 saturated carbocycles. The third kappa shape index (κ3) is 4.69. The molecule has 2 aromatic rings. The molecule has 136 valence electrons. The zero-order valence-electron chi connectivity index (χ0n) is 14.3. The second-order valence-electron chi connectivity index (χ2n) is 5.46. The summed E-state index contributed by atoms with van der Waals surface area (Å²) in [4.78, 5) is 13.1. The standard InChI is InChI=1S/C17H21BrN2O3S2/c1-4-20(5-2)25(22,23)14-8-6-13(7-9-14)12(3)19-17(21)15-10-11-16(18)24-15/h6-12H,4-5H2,1-3H3,(H,19,21)/t12-/m0/s1. The van der Waals surface area contributed by atoms with E-state index in [1.54, 1.807) is 30.3 Å². The number of nitrogens with one attached hydrogen (secondary N) is 1. The van der Waals surface area contributed by atoms with Gasteiger partial charge in [0.1, 0.15) is 0 Å². The molecule has 0 fully saturated rings. The van der Waals surface area contributed by atoms with Crippen molar-refractivity contribution in [3.05, 3.63) is 50.6 Å². The van der Waals surface area contributed by atoms with E-state index in [1.807, 2.05) is 26.8 Å². The molecule has 25 heavy (non-hydrogen) atoms. The third-order valence-corrected chi connectivity index (χ3v) is 7.55. The molecule has 1 heterocycles. The zero-order valence-corrected chi connectivity index (χ0v) is 17.5. The van der Waals surface area contributed by atoms with Gasteiger partial charge in [0.2, 0.25) is 10.0 Å². The highest BCUT2D eigenvalue weighted by molar-refractivity contribution is 9.11. The number of nitrogens with zero attached hydrogens (tertiary/aromatic N) is 1. The molecule has 1 aromatic carbocycles. The maximum absolute atomic E-state index is 12.5. The Balaban J connectivity index is 2.12. The molecule has 2 rings (SSSR count). The fourth-order valence-corrected chi connectivity index (χ4v) is 5.18. The van der Waals surface area contributed by atoms with Crippen LogP contribution in [-0.4, -0.2) is 31.7 Å². The van der Waals surface area contributed by atoms with Crippen molar-refractivity contribution in [2.75, 3.05) is 13.1 Å². The van der Waals surface area contributed by atoms with Crippen LogP contribution in [0, 0.1) is 0 Å². The van der Waals surface area contributed by atoms with Crippen LogP contribution in [0.25, 0.3) is 0 Å². The highest BCUT2D eigenvalue weighted by Crippen LogP contribution is 2.23. The van der Waals surface area contributed by atoms with Crippen LogP contribution in [-0.2, 0) is 10.0 Å². The monoisotopic (exact) mass is 444 g/mol. The summed E-state index contributed by atoms with van der Waals surface area (Å²) < 4.78 is 27.3. The van der Waals surface area contributed by atoms with Crippen LogP contribution in [0.5, 0.6) is 0 Å². The Morgan fingerprint density at radius 3 is 2.24 bits per heavy atom. The lowest BCUT2D eigenvalue weighted by molar-refractivity contribution is 0.0944. The van der Waals surface area contributed by atoms with Gasteiger partial charge in [-0.05, 0) is 52.7 Å². The van der Waals surface area contributed by atoms with Crippen molar-refractivity contribution < 1.29 is 13.2 Å². The Labute approximate surface area is 161 Å². The number of sulfonamides is 1. The first-order valence-electron chi connectivity index (χ1n) is 7.95. The van der Waals surface area contributed by atoms with Gasteiger partial charge in [-0.15, -0.1) is 11.3 Å². The summed E-state index contributed by atoms with van der Waals surface area (Å²) >= 11 is 4.71. The molecule has 0 spiro atoms. The van der Waals surface area contributed by atoms with Crippen molar-refractivity contribution in [1.82, 2.24) is 9.62 Å². The Morgan fingerprint density at radius 1 is 1.16 bits per heavy atom. The molecular formula is C17H21BrN2O3S2. The third-order valence-electron chi connectivity index (χ3n) is 3.87. The average Bonchev–Trinajstić information content (AvgIpc) is 3.02. The van der Waals surface area contributed by atoms with Gasteiger partial charge >= 0.3 is 0 Å². The number of amides is 1. The highest BCUT2D eigenvalue weighted by atomic mass is 79.9. The minimum Gasteiger partial charge on any atom is -0.345 e. The van der Waals surface area contributed by atoms with Gasteiger partial charge in [-0.25, -0.2) is 8.42 Å². The first kappa shape index (κ1) is 20.1. The molecule has 0 radical (unpaired) electrons. The number of halogens is 1. The van der Waals surface area contributed by atoms with Crippen molar-refractivity contribution in [3.8, 4) is 0 Å². The molecule has 0 aliphatic rings. The van der Waals surface area contributed by atoms with E-state index in [2.05, 4.69) is 21.2 Å². The molecular weight excluding hydrogens is 424 g/mol. The Kier molecular flexibility index (Phi) is 6.79. The largest absolute Gasteiger partial charge is 0.345 e. The van der Waals surface area contributed by atoms with Gasteiger partial charge in [0, 0.05) is 13.1 Å². The lowest BCUT2D eigenvalue weighted by atomic mass is 10.1. The van der Waals surface area contributed by atoms with Crippen LogP contribution >= 0.6 is 27.3 Å². The van der Waals surface area contributed by atoms with Gasteiger partial charge in [0.05, 0.1) is 19.6 Å². The van der Waals surface area contributed by atoms with Gasteiger partial charge in [-0.3, -0.25) is 4.79 Å². The first-order chi connectivity index (χ1) is 11.8. The molecule has 1 amide bonds. The number of thiophene rings is 1. The summed E-state index contributed by atoms with van der Waals surface area (Å²) in [6.07, 6.45) is 0. The molecule has 5 nitrogen and oxygen atoms in total. The van der Waals surface area contributed by atoms with Gasteiger partial charge < -0.3 is 5.32 Å². The summed E-state index contributed by atoms with van der Waals surface area (Å²) in [7, 11) is -3.46. The second kappa shape index (κ2) is 8.44. The van der Waals surface area contributed by atoms with E-state index in [4.69, 9.17) is 0 Å². The van der Waals surface area contributed by atoms with Crippen molar-refractivity contribution in [2.45, 2.75) is 31.7 Å². The quantitative estimate of drug-likeness (QED) is 0.700. The SMILES string of the molecule is CCN(CC)S(=O)(=O)c1ccc([C@H](C)NC(=O)c2ccc(Br)s2)cc1. The van der Waals surface area contributed by atoms with Crippen LogP contribution < -0.4 is 5.32 Å². The van der Waals surface area contributed by atoms with Crippen molar-refractivity contribution in [1.29, 1.82) is 0 Å². The Bertz CT molecular complexity index is 828. The molecule has 0 bridgehead atoms. The predicted molar refractivity (Wildman–Crippen MR) is 104 cm³/mol. The lowest BCUT2D eigenvalue weighted by Crippen LogP contribution is -2.30. The average molecular weight is 445 g/mol. The van der Waals surface area contributed by atoms with E-state index >= 15 is 0 Å². The van der Waals surface area contributed by atoms with Crippen LogP contribution in [0.3, 0.4) is 0 Å². The molecule has 0 aliphatic heterocycles. The highest BCUT2D eigenvalue weighted by Gasteiger charge is 2.21. The topological polar surface area (TPSA) is 66.5 Å². The number of carbonyl (C=O) groups is 1. The van der Waals surface area contributed by atoms with Crippen LogP contribution in [0.1, 0.15) is 42.0 Å². The number of rotatable bonds is 7. The minimum atomic E-state index is -3.46. The fraction of sp³-hybridized carbons (Fsp3) is 0.353. The molecule has 8 heteroatoms. The molecule has 0 aliphatic carbocycles. The molecule has 0 unspecified atom stereocenters. The van der Waals surface area contributed by atoms with Gasteiger partial charge in [0.15, 0.2) is 0 Å². The molecule has 1 atom stereocenters. The number of hydrogen-bond donors (Lipinski definition) is 1. The summed E-state index contributed by atoms with van der Waals surface area (Å²) in [6, 6.07) is 10.0. The fourth-order valence-electron chi connectivity index (χ4n) is 2.43. The molecule has 0 saturated heterocycles. The Hall–Kier alpha value is -1.22. The van der Waals surface area contributed by atoms with Gasteiger partial charge in [-0.1, -0.05) is 26.0 Å². The van der Waals surface area contributed by atoms with Crippen LogP contribution in [0.2, 0.25) is 0 Å². The maximum Gasteiger partial charge on any atom is 0.261 e. The second-order valence-corrected chi connectivity index (χ2v) is 9.86. The molecule has 1 aromatic heterocycles. The van der Waals surface area contributed by atoms with E-state index < -0.39 is 10.0 Å². The summed E-state index contributed by atoms with van der Waals surface area (Å²) in [5.41, 5.74) is 0.850. The summed E-state index contributed by atoms with van der Waals surface area (Å²) in [5.74, 6) is -0.150. The van der Waals surface area contributed by atoms with E-state index in [9.17, 15) is 13.2 Å². The van der Waals surface area contributed by atoms with Gasteiger partial charge in [0.25, 0.3) is 5.91 Å². The first-order valence-corrected chi connectivity index (χ1v) is 11.0. The number of carbonyl (C=O) groups excluding carboxylic acids is 1. The smallest absolute Gasteiger partial charge is 0.261 e. The van der Waals surface area contributed by atoms with Crippen molar-refractivity contribution in [3.63, 3.8) is 0 Å². The molecule has 1 N–H and O–H groups in total. The van der Waals surface area contributed by atoms with E-state index in [0.29, 0.717) is 18.0 Å². The number of benzene rings is 1.